The number of esters is 1. The molecule has 0 radical (unpaired) electrons. The number of fused-ring (bicyclic) bond motifs is 1. The number of hydrogen-bond acceptors (Lipinski definition) is 7. The van der Waals surface area contributed by atoms with Crippen molar-refractivity contribution in [3.8, 4) is 5.88 Å². The molecule has 0 bridgehead atoms. The van der Waals surface area contributed by atoms with E-state index in [-0.39, 0.29) is 30.6 Å². The minimum Gasteiger partial charge on any atom is -0.462 e. The maximum atomic E-state index is 13.3. The van der Waals surface area contributed by atoms with E-state index in [1.807, 2.05) is 0 Å². The Morgan fingerprint density at radius 3 is 2.73 bits per heavy atom. The third-order valence-electron chi connectivity index (χ3n) is 6.60. The molecule has 7 nitrogen and oxygen atoms in total. The summed E-state index contributed by atoms with van der Waals surface area (Å²) >= 11 is 6.88. The molecule has 0 spiro atoms. The first kappa shape index (κ1) is 27.5. The van der Waals surface area contributed by atoms with Crippen LogP contribution in [0.4, 0.5) is 23.4 Å². The number of carbonyl (C=O) groups is 2. The van der Waals surface area contributed by atoms with Crippen LogP contribution in [-0.2, 0) is 35.8 Å². The highest BCUT2D eigenvalue weighted by Gasteiger charge is 2.48. The van der Waals surface area contributed by atoms with E-state index in [2.05, 4.69) is 15.2 Å². The van der Waals surface area contributed by atoms with Gasteiger partial charge in [0.15, 0.2) is 0 Å². The molecular formula is C24H27F4N3O4S2. The predicted molar refractivity (Wildman–Crippen MR) is 133 cm³/mol. The zero-order valence-electron chi connectivity index (χ0n) is 20.3. The summed E-state index contributed by atoms with van der Waals surface area (Å²) in [5.74, 6) is -3.98. The maximum absolute atomic E-state index is 13.3. The number of Topliss-reactive ketones (excluding diaryl/α,β-unsaturated/α-hetero) is 1. The third-order valence-corrected chi connectivity index (χ3v) is 8.17. The molecule has 1 fully saturated rings. The van der Waals surface area contributed by atoms with Crippen molar-refractivity contribution in [2.24, 2.45) is 18.9 Å². The molecule has 2 aliphatic carbocycles. The predicted octanol–water partition coefficient (Wildman–Crippen LogP) is 5.35. The lowest BCUT2D eigenvalue weighted by molar-refractivity contribution is -0.147. The van der Waals surface area contributed by atoms with E-state index >= 15 is 0 Å². The van der Waals surface area contributed by atoms with Crippen LogP contribution in [0.2, 0.25) is 0 Å². The van der Waals surface area contributed by atoms with Crippen molar-refractivity contribution in [2.45, 2.75) is 64.4 Å². The number of ketones is 1. The first-order chi connectivity index (χ1) is 17.5. The van der Waals surface area contributed by atoms with Crippen LogP contribution in [0.25, 0.3) is 0 Å². The number of rotatable bonds is 10. The summed E-state index contributed by atoms with van der Waals surface area (Å²) < 4.78 is 62.4. The molecule has 13 heteroatoms. The van der Waals surface area contributed by atoms with Gasteiger partial charge in [-0.15, -0.1) is 16.4 Å². The number of alkyl halides is 4. The molecule has 0 amide bonds. The largest absolute Gasteiger partial charge is 0.462 e. The van der Waals surface area contributed by atoms with Crippen LogP contribution in [-0.4, -0.2) is 45.7 Å². The van der Waals surface area contributed by atoms with Gasteiger partial charge < -0.3 is 14.8 Å². The smallest absolute Gasteiger partial charge is 0.388 e. The minimum atomic E-state index is -2.99. The number of carbonyl (C=O) groups excluding carboxylic acids is 2. The lowest BCUT2D eigenvalue weighted by Gasteiger charge is -2.33. The number of thiophene rings is 1. The molecule has 0 aromatic carbocycles. The van der Waals surface area contributed by atoms with Gasteiger partial charge in [0.25, 0.3) is 0 Å². The number of thiocarbonyl (C=S) groups is 1. The quantitative estimate of drug-likeness (QED) is 0.238. The second kappa shape index (κ2) is 11.1. The number of aryl methyl sites for hydroxylation is 2. The lowest BCUT2D eigenvalue weighted by atomic mass is 9.77. The minimum absolute atomic E-state index is 0.0549. The maximum Gasteiger partial charge on any atom is 0.388 e. The van der Waals surface area contributed by atoms with Gasteiger partial charge in [0.05, 0.1) is 17.2 Å². The number of nitrogens with one attached hydrogen (secondary N) is 1. The Bertz CT molecular complexity index is 1190. The molecule has 0 aliphatic heterocycles. The van der Waals surface area contributed by atoms with Crippen LogP contribution in [0, 0.1) is 11.8 Å². The second-order valence-corrected chi connectivity index (χ2v) is 11.0. The lowest BCUT2D eigenvalue weighted by Crippen LogP contribution is -2.40. The Morgan fingerprint density at radius 1 is 1.35 bits per heavy atom. The number of aromatic nitrogens is 2. The fourth-order valence-corrected chi connectivity index (χ4v) is 6.50. The molecule has 2 aliphatic rings. The Labute approximate surface area is 220 Å². The van der Waals surface area contributed by atoms with E-state index in [4.69, 9.17) is 17.0 Å². The molecule has 37 heavy (non-hydrogen) atoms. The van der Waals surface area contributed by atoms with E-state index < -0.39 is 37.3 Å². The molecule has 4 rings (SSSR count). The Kier molecular flexibility index (Phi) is 8.22. The molecule has 202 valence electrons. The third kappa shape index (κ3) is 6.49. The standard InChI is InChI=1S/C24H27F4N3O4S2/c1-3-34-22(33)21-14-6-12(7-20(36)29-18-9-19(30-31(18)2)35-23(25)26)4-5-16(14)37-17(21)8-15(32)13-10-24(27,28)11-13/h9,12-13,23H,3-8,10-11H2,1-2H3,(H,29,36)/t12-/m0/s1. The topological polar surface area (TPSA) is 82.5 Å². The molecule has 2 aromatic heterocycles. The van der Waals surface area contributed by atoms with Crippen LogP contribution in [0.1, 0.15) is 58.3 Å². The van der Waals surface area contributed by atoms with E-state index in [0.29, 0.717) is 40.5 Å². The molecular weight excluding hydrogens is 534 g/mol. The number of ether oxygens (including phenoxy) is 2. The zero-order valence-corrected chi connectivity index (χ0v) is 22.0. The summed E-state index contributed by atoms with van der Waals surface area (Å²) in [6, 6.07) is 1.33. The van der Waals surface area contributed by atoms with Crippen molar-refractivity contribution in [1.82, 2.24) is 9.78 Å². The first-order valence-corrected chi connectivity index (χ1v) is 13.2. The van der Waals surface area contributed by atoms with Crippen molar-refractivity contribution >= 4 is 46.1 Å². The van der Waals surface area contributed by atoms with Crippen molar-refractivity contribution in [1.29, 1.82) is 0 Å². The molecule has 1 saturated carbocycles. The highest BCUT2D eigenvalue weighted by atomic mass is 32.1. The van der Waals surface area contributed by atoms with E-state index in [1.165, 1.54) is 22.1 Å². The molecule has 2 aromatic rings. The van der Waals surface area contributed by atoms with Gasteiger partial charge in [-0.2, -0.15) is 8.78 Å². The Hall–Kier alpha value is -2.54. The molecule has 0 unspecified atom stereocenters. The summed E-state index contributed by atoms with van der Waals surface area (Å²) in [5.41, 5.74) is 1.21. The first-order valence-electron chi connectivity index (χ1n) is 12.0. The van der Waals surface area contributed by atoms with Gasteiger partial charge in [-0.05, 0) is 37.7 Å². The average molecular weight is 562 g/mol. The van der Waals surface area contributed by atoms with Crippen LogP contribution < -0.4 is 10.1 Å². The van der Waals surface area contributed by atoms with Crippen LogP contribution >= 0.6 is 23.6 Å². The van der Waals surface area contributed by atoms with Gasteiger partial charge in [-0.3, -0.25) is 4.79 Å². The van der Waals surface area contributed by atoms with Gasteiger partial charge in [-0.25, -0.2) is 18.3 Å². The number of halogens is 4. The summed E-state index contributed by atoms with van der Waals surface area (Å²) in [7, 11) is 1.57. The second-order valence-electron chi connectivity index (χ2n) is 9.36. The molecule has 2 heterocycles. The van der Waals surface area contributed by atoms with Crippen LogP contribution in [0.15, 0.2) is 6.07 Å². The van der Waals surface area contributed by atoms with Gasteiger partial charge in [0.2, 0.25) is 11.8 Å². The van der Waals surface area contributed by atoms with Gasteiger partial charge in [0, 0.05) is 54.5 Å². The average Bonchev–Trinajstić information content (AvgIpc) is 3.30. The molecule has 0 saturated heterocycles. The summed E-state index contributed by atoms with van der Waals surface area (Å²) in [5, 5.41) is 6.87. The van der Waals surface area contributed by atoms with Crippen molar-refractivity contribution in [2.75, 3.05) is 11.9 Å². The number of hydrogen-bond donors (Lipinski definition) is 1. The SMILES string of the molecule is CCOC(=O)c1c(CC(=O)C2CC(F)(F)C2)sc2c1C[C@@H](CC(=S)Nc1cc(OC(F)F)nn1C)CC2. The number of anilines is 1. The van der Waals surface area contributed by atoms with Crippen LogP contribution in [0.3, 0.4) is 0 Å². The zero-order chi connectivity index (χ0) is 26.9. The fraction of sp³-hybridized carbons (Fsp3) is 0.583. The van der Waals surface area contributed by atoms with E-state index in [9.17, 15) is 27.2 Å². The highest BCUT2D eigenvalue weighted by Crippen LogP contribution is 2.44. The van der Waals surface area contributed by atoms with E-state index in [1.54, 1.807) is 14.0 Å². The summed E-state index contributed by atoms with van der Waals surface area (Å²) in [6.45, 7) is -1.12. The Morgan fingerprint density at radius 2 is 2.08 bits per heavy atom. The molecule has 1 atom stereocenters. The molecule has 1 N–H and O–H groups in total. The van der Waals surface area contributed by atoms with Crippen molar-refractivity contribution < 1.29 is 36.6 Å². The summed E-state index contributed by atoms with van der Waals surface area (Å²) in [4.78, 5) is 27.6. The van der Waals surface area contributed by atoms with Gasteiger partial charge >= 0.3 is 12.6 Å². The van der Waals surface area contributed by atoms with Gasteiger partial charge in [-0.1, -0.05) is 12.2 Å². The van der Waals surface area contributed by atoms with E-state index in [0.717, 1.165) is 16.9 Å². The van der Waals surface area contributed by atoms with Crippen molar-refractivity contribution in [3.63, 3.8) is 0 Å². The fourth-order valence-electron chi connectivity index (χ4n) is 4.81. The van der Waals surface area contributed by atoms with Crippen molar-refractivity contribution in [3.05, 3.63) is 26.9 Å². The summed E-state index contributed by atoms with van der Waals surface area (Å²) in [6.07, 6.45) is 1.57. The number of nitrogens with zero attached hydrogens (tertiary/aromatic N) is 2. The normalized spacial score (nSPS) is 18.7. The Balaban J connectivity index is 1.45. The monoisotopic (exact) mass is 561 g/mol. The van der Waals surface area contributed by atoms with Crippen LogP contribution in [0.5, 0.6) is 5.88 Å². The van der Waals surface area contributed by atoms with Gasteiger partial charge in [0.1, 0.15) is 11.6 Å². The highest BCUT2D eigenvalue weighted by molar-refractivity contribution is 7.80.